The lowest BCUT2D eigenvalue weighted by atomic mass is 10.1. The second-order valence-corrected chi connectivity index (χ2v) is 6.01. The molecule has 1 aromatic heterocycles. The first-order valence-electron chi connectivity index (χ1n) is 6.63. The topological polar surface area (TPSA) is 15.3 Å². The predicted octanol–water partition coefficient (Wildman–Crippen LogP) is 3.27. The van der Waals surface area contributed by atoms with Gasteiger partial charge in [0, 0.05) is 35.4 Å². The Hall–Kier alpha value is -0.380. The van der Waals surface area contributed by atoms with E-state index in [4.69, 9.17) is 0 Å². The summed E-state index contributed by atoms with van der Waals surface area (Å²) < 4.78 is 0. The van der Waals surface area contributed by atoms with E-state index in [-0.39, 0.29) is 0 Å². The first-order valence-corrected chi connectivity index (χ1v) is 7.45. The van der Waals surface area contributed by atoms with Crippen LogP contribution in [0.5, 0.6) is 0 Å². The Bertz CT molecular complexity index is 305. The molecule has 0 bridgehead atoms. The van der Waals surface area contributed by atoms with E-state index in [9.17, 15) is 0 Å². The van der Waals surface area contributed by atoms with Crippen molar-refractivity contribution in [2.24, 2.45) is 0 Å². The lowest BCUT2D eigenvalue weighted by molar-refractivity contribution is 0.230. The lowest BCUT2D eigenvalue weighted by Gasteiger charge is -2.25. The maximum atomic E-state index is 3.52. The molecule has 0 radical (unpaired) electrons. The zero-order chi connectivity index (χ0) is 12.7. The summed E-state index contributed by atoms with van der Waals surface area (Å²) in [5.41, 5.74) is 0. The number of rotatable bonds is 8. The van der Waals surface area contributed by atoms with Crippen molar-refractivity contribution >= 4 is 11.3 Å². The SMILES string of the molecule is CCC(CC)N(C)CCNCc1ccc(C)s1. The third-order valence-electron chi connectivity index (χ3n) is 3.30. The molecule has 0 spiro atoms. The van der Waals surface area contributed by atoms with Gasteiger partial charge in [-0.05, 0) is 38.9 Å². The highest BCUT2D eigenvalue weighted by Gasteiger charge is 2.08. The highest BCUT2D eigenvalue weighted by molar-refractivity contribution is 7.11. The normalized spacial score (nSPS) is 11.6. The van der Waals surface area contributed by atoms with Crippen LogP contribution in [0.2, 0.25) is 0 Å². The fraction of sp³-hybridized carbons (Fsp3) is 0.714. The van der Waals surface area contributed by atoms with Gasteiger partial charge in [-0.3, -0.25) is 0 Å². The molecule has 1 aromatic rings. The number of hydrogen-bond donors (Lipinski definition) is 1. The van der Waals surface area contributed by atoms with Crippen molar-refractivity contribution in [3.05, 3.63) is 21.9 Å². The minimum atomic E-state index is 0.737. The molecule has 0 aromatic carbocycles. The van der Waals surface area contributed by atoms with Crippen molar-refractivity contribution in [1.29, 1.82) is 0 Å². The van der Waals surface area contributed by atoms with E-state index >= 15 is 0 Å². The Balaban J connectivity index is 2.15. The van der Waals surface area contributed by atoms with Gasteiger partial charge >= 0.3 is 0 Å². The van der Waals surface area contributed by atoms with E-state index in [1.807, 2.05) is 11.3 Å². The summed E-state index contributed by atoms with van der Waals surface area (Å²) in [6.07, 6.45) is 2.49. The standard InChI is InChI=1S/C14H26N2S/c1-5-13(6-2)16(4)10-9-15-11-14-8-7-12(3)17-14/h7-8,13,15H,5-6,9-11H2,1-4H3. The summed E-state index contributed by atoms with van der Waals surface area (Å²) in [7, 11) is 2.23. The smallest absolute Gasteiger partial charge is 0.0300 e. The van der Waals surface area contributed by atoms with E-state index in [1.54, 1.807) is 0 Å². The van der Waals surface area contributed by atoms with Crippen LogP contribution in [0, 0.1) is 6.92 Å². The molecule has 17 heavy (non-hydrogen) atoms. The Kier molecular flexibility index (Phi) is 6.78. The number of likely N-dealkylation sites (N-methyl/N-ethyl adjacent to an activating group) is 1. The molecule has 1 heterocycles. The van der Waals surface area contributed by atoms with Crippen LogP contribution in [-0.2, 0) is 6.54 Å². The number of thiophene rings is 1. The van der Waals surface area contributed by atoms with Crippen LogP contribution in [0.4, 0.5) is 0 Å². The van der Waals surface area contributed by atoms with Crippen LogP contribution >= 0.6 is 11.3 Å². The van der Waals surface area contributed by atoms with Gasteiger partial charge in [0.25, 0.3) is 0 Å². The first-order chi connectivity index (χ1) is 8.17. The van der Waals surface area contributed by atoms with Gasteiger partial charge in [0.05, 0.1) is 0 Å². The molecule has 0 aliphatic heterocycles. The third kappa shape index (κ3) is 5.19. The first kappa shape index (κ1) is 14.7. The van der Waals surface area contributed by atoms with Crippen molar-refractivity contribution in [2.75, 3.05) is 20.1 Å². The third-order valence-corrected chi connectivity index (χ3v) is 4.30. The van der Waals surface area contributed by atoms with E-state index in [0.29, 0.717) is 0 Å². The van der Waals surface area contributed by atoms with Crippen LogP contribution in [0.3, 0.4) is 0 Å². The van der Waals surface area contributed by atoms with Crippen LogP contribution in [0.1, 0.15) is 36.4 Å². The Morgan fingerprint density at radius 1 is 1.29 bits per heavy atom. The van der Waals surface area contributed by atoms with Crippen LogP contribution < -0.4 is 5.32 Å². The molecule has 0 amide bonds. The second kappa shape index (κ2) is 7.85. The molecule has 0 aliphatic carbocycles. The van der Waals surface area contributed by atoms with Gasteiger partial charge in [0.2, 0.25) is 0 Å². The predicted molar refractivity (Wildman–Crippen MR) is 77.8 cm³/mol. The minimum absolute atomic E-state index is 0.737. The monoisotopic (exact) mass is 254 g/mol. The summed E-state index contributed by atoms with van der Waals surface area (Å²) in [6.45, 7) is 9.92. The maximum Gasteiger partial charge on any atom is 0.0300 e. The molecule has 1 N–H and O–H groups in total. The summed E-state index contributed by atoms with van der Waals surface area (Å²) >= 11 is 1.89. The highest BCUT2D eigenvalue weighted by Crippen LogP contribution is 2.14. The molecule has 0 atom stereocenters. The number of nitrogens with one attached hydrogen (secondary N) is 1. The summed E-state index contributed by atoms with van der Waals surface area (Å²) in [6, 6.07) is 5.15. The minimum Gasteiger partial charge on any atom is -0.311 e. The Morgan fingerprint density at radius 2 is 2.00 bits per heavy atom. The molecule has 0 aliphatic rings. The Labute approximate surface area is 110 Å². The van der Waals surface area contributed by atoms with Crippen molar-refractivity contribution in [2.45, 2.75) is 46.2 Å². The van der Waals surface area contributed by atoms with Gasteiger partial charge < -0.3 is 10.2 Å². The van der Waals surface area contributed by atoms with Crippen molar-refractivity contribution in [3.63, 3.8) is 0 Å². The largest absolute Gasteiger partial charge is 0.311 e. The number of aryl methyl sites for hydroxylation is 1. The quantitative estimate of drug-likeness (QED) is 0.716. The van der Waals surface area contributed by atoms with Gasteiger partial charge in [-0.15, -0.1) is 11.3 Å². The fourth-order valence-electron chi connectivity index (χ4n) is 2.14. The van der Waals surface area contributed by atoms with Gasteiger partial charge in [-0.2, -0.15) is 0 Å². The second-order valence-electron chi connectivity index (χ2n) is 4.64. The molecular formula is C14H26N2S. The average molecular weight is 254 g/mol. The molecule has 2 nitrogen and oxygen atoms in total. The van der Waals surface area contributed by atoms with Gasteiger partial charge in [0.1, 0.15) is 0 Å². The molecule has 3 heteroatoms. The molecule has 98 valence electrons. The zero-order valence-electron chi connectivity index (χ0n) is 11.6. The molecule has 0 unspecified atom stereocenters. The van der Waals surface area contributed by atoms with E-state index in [2.05, 4.69) is 50.2 Å². The average Bonchev–Trinajstić information content (AvgIpc) is 2.72. The Morgan fingerprint density at radius 3 is 2.53 bits per heavy atom. The molecule has 1 rings (SSSR count). The molecule has 0 fully saturated rings. The van der Waals surface area contributed by atoms with Crippen LogP contribution in [0.25, 0.3) is 0 Å². The number of nitrogens with zero attached hydrogens (tertiary/aromatic N) is 1. The van der Waals surface area contributed by atoms with Crippen LogP contribution in [0.15, 0.2) is 12.1 Å². The van der Waals surface area contributed by atoms with E-state index in [0.717, 1.165) is 25.7 Å². The molecule has 0 saturated carbocycles. The van der Waals surface area contributed by atoms with Crippen molar-refractivity contribution in [1.82, 2.24) is 10.2 Å². The molecular weight excluding hydrogens is 228 g/mol. The maximum absolute atomic E-state index is 3.52. The number of hydrogen-bond acceptors (Lipinski definition) is 3. The van der Waals surface area contributed by atoms with Gasteiger partial charge in [-0.25, -0.2) is 0 Å². The zero-order valence-corrected chi connectivity index (χ0v) is 12.4. The molecule has 0 saturated heterocycles. The van der Waals surface area contributed by atoms with E-state index in [1.165, 1.54) is 22.6 Å². The lowest BCUT2D eigenvalue weighted by Crippen LogP contribution is -2.36. The van der Waals surface area contributed by atoms with Gasteiger partial charge in [0.15, 0.2) is 0 Å². The van der Waals surface area contributed by atoms with Gasteiger partial charge in [-0.1, -0.05) is 13.8 Å². The summed E-state index contributed by atoms with van der Waals surface area (Å²) in [4.78, 5) is 5.30. The van der Waals surface area contributed by atoms with Crippen molar-refractivity contribution in [3.8, 4) is 0 Å². The fourth-order valence-corrected chi connectivity index (χ4v) is 3.00. The van der Waals surface area contributed by atoms with E-state index < -0.39 is 0 Å². The highest BCUT2D eigenvalue weighted by atomic mass is 32.1. The van der Waals surface area contributed by atoms with Crippen molar-refractivity contribution < 1.29 is 0 Å². The summed E-state index contributed by atoms with van der Waals surface area (Å²) in [5.74, 6) is 0. The summed E-state index contributed by atoms with van der Waals surface area (Å²) in [5, 5.41) is 3.52. The van der Waals surface area contributed by atoms with Crippen LogP contribution in [-0.4, -0.2) is 31.1 Å².